The number of hydrogen-bond acceptors (Lipinski definition) is 1. The van der Waals surface area contributed by atoms with Crippen molar-refractivity contribution >= 4 is 21.6 Å². The van der Waals surface area contributed by atoms with Gasteiger partial charge in [0.1, 0.15) is 5.82 Å². The van der Waals surface area contributed by atoms with E-state index >= 15 is 0 Å². The van der Waals surface area contributed by atoms with E-state index in [4.69, 9.17) is 0 Å². The van der Waals surface area contributed by atoms with Gasteiger partial charge in [-0.25, -0.2) is 4.39 Å². The first kappa shape index (κ1) is 14.1. The maximum Gasteiger partial charge on any atom is 0.124 e. The normalized spacial score (nSPS) is 10.5. The van der Waals surface area contributed by atoms with Crippen LogP contribution in [0.2, 0.25) is 0 Å². The standard InChI is InChI=1S/C16H17BrFN/c1-3-12-6-4-5-11(2)16(12)19-10-13-7-8-14(18)9-15(13)17/h4-9,19H,3,10H2,1-2H3. The first-order valence-electron chi connectivity index (χ1n) is 6.38. The Bertz CT molecular complexity index is 581. The van der Waals surface area contributed by atoms with Crippen molar-refractivity contribution in [3.05, 3.63) is 63.4 Å². The molecule has 2 rings (SSSR count). The summed E-state index contributed by atoms with van der Waals surface area (Å²) in [5.41, 5.74) is 4.77. The molecule has 0 unspecified atom stereocenters. The highest BCUT2D eigenvalue weighted by Crippen LogP contribution is 2.24. The lowest BCUT2D eigenvalue weighted by Gasteiger charge is -2.14. The molecule has 0 aromatic heterocycles. The van der Waals surface area contributed by atoms with E-state index in [1.807, 2.05) is 0 Å². The number of rotatable bonds is 4. The zero-order chi connectivity index (χ0) is 13.8. The van der Waals surface area contributed by atoms with E-state index in [-0.39, 0.29) is 5.82 Å². The van der Waals surface area contributed by atoms with Crippen LogP contribution in [0.5, 0.6) is 0 Å². The average Bonchev–Trinajstić information content (AvgIpc) is 2.39. The molecule has 0 aliphatic rings. The third kappa shape index (κ3) is 3.35. The van der Waals surface area contributed by atoms with Crippen LogP contribution >= 0.6 is 15.9 Å². The number of anilines is 1. The Morgan fingerprint density at radius 2 is 1.95 bits per heavy atom. The summed E-state index contributed by atoms with van der Waals surface area (Å²) in [6, 6.07) is 11.1. The second-order valence-corrected chi connectivity index (χ2v) is 5.41. The molecule has 1 N–H and O–H groups in total. The summed E-state index contributed by atoms with van der Waals surface area (Å²) in [6.07, 6.45) is 0.995. The number of aryl methyl sites for hydroxylation is 2. The Morgan fingerprint density at radius 1 is 1.16 bits per heavy atom. The molecule has 0 aliphatic heterocycles. The fourth-order valence-corrected chi connectivity index (χ4v) is 2.62. The molecule has 19 heavy (non-hydrogen) atoms. The van der Waals surface area contributed by atoms with Crippen molar-refractivity contribution in [2.45, 2.75) is 26.8 Å². The van der Waals surface area contributed by atoms with Crippen molar-refractivity contribution in [1.82, 2.24) is 0 Å². The van der Waals surface area contributed by atoms with Crippen molar-refractivity contribution in [1.29, 1.82) is 0 Å². The highest BCUT2D eigenvalue weighted by molar-refractivity contribution is 9.10. The van der Waals surface area contributed by atoms with Gasteiger partial charge in [0.15, 0.2) is 0 Å². The van der Waals surface area contributed by atoms with Crippen LogP contribution in [0.3, 0.4) is 0 Å². The SMILES string of the molecule is CCc1cccc(C)c1NCc1ccc(F)cc1Br. The van der Waals surface area contributed by atoms with Crippen LogP contribution in [0.4, 0.5) is 10.1 Å². The van der Waals surface area contributed by atoms with Gasteiger partial charge in [0.2, 0.25) is 0 Å². The monoisotopic (exact) mass is 321 g/mol. The van der Waals surface area contributed by atoms with E-state index in [0.29, 0.717) is 6.54 Å². The van der Waals surface area contributed by atoms with Crippen LogP contribution in [-0.2, 0) is 13.0 Å². The first-order valence-corrected chi connectivity index (χ1v) is 7.17. The van der Waals surface area contributed by atoms with Crippen molar-refractivity contribution < 1.29 is 4.39 Å². The maximum atomic E-state index is 13.0. The molecule has 0 heterocycles. The molecule has 0 amide bonds. The Labute approximate surface area is 122 Å². The van der Waals surface area contributed by atoms with E-state index in [1.54, 1.807) is 6.07 Å². The van der Waals surface area contributed by atoms with Crippen LogP contribution in [0, 0.1) is 12.7 Å². The summed E-state index contributed by atoms with van der Waals surface area (Å²) in [6.45, 7) is 4.92. The van der Waals surface area contributed by atoms with E-state index in [9.17, 15) is 4.39 Å². The molecular formula is C16H17BrFN. The smallest absolute Gasteiger partial charge is 0.124 e. The number of para-hydroxylation sites is 1. The lowest BCUT2D eigenvalue weighted by molar-refractivity contribution is 0.626. The predicted octanol–water partition coefficient (Wildman–Crippen LogP) is 5.07. The van der Waals surface area contributed by atoms with Gasteiger partial charge in [0, 0.05) is 16.7 Å². The van der Waals surface area contributed by atoms with Crippen molar-refractivity contribution in [3.8, 4) is 0 Å². The highest BCUT2D eigenvalue weighted by atomic mass is 79.9. The van der Waals surface area contributed by atoms with Gasteiger partial charge in [0.25, 0.3) is 0 Å². The number of halogens is 2. The average molecular weight is 322 g/mol. The molecule has 0 atom stereocenters. The fourth-order valence-electron chi connectivity index (χ4n) is 2.12. The Kier molecular flexibility index (Phi) is 4.59. The van der Waals surface area contributed by atoms with Gasteiger partial charge in [0.05, 0.1) is 0 Å². The molecule has 0 fully saturated rings. The van der Waals surface area contributed by atoms with Gasteiger partial charge in [-0.15, -0.1) is 0 Å². The van der Waals surface area contributed by atoms with Crippen molar-refractivity contribution in [3.63, 3.8) is 0 Å². The minimum atomic E-state index is -0.222. The van der Waals surface area contributed by atoms with Crippen LogP contribution < -0.4 is 5.32 Å². The molecule has 0 saturated carbocycles. The highest BCUT2D eigenvalue weighted by Gasteiger charge is 2.06. The minimum absolute atomic E-state index is 0.222. The van der Waals surface area contributed by atoms with Gasteiger partial charge in [-0.05, 0) is 42.2 Å². The largest absolute Gasteiger partial charge is 0.380 e. The summed E-state index contributed by atoms with van der Waals surface area (Å²) in [7, 11) is 0. The van der Waals surface area contributed by atoms with Crippen LogP contribution in [0.15, 0.2) is 40.9 Å². The van der Waals surface area contributed by atoms with Gasteiger partial charge in [-0.1, -0.05) is 47.1 Å². The van der Waals surface area contributed by atoms with Gasteiger partial charge >= 0.3 is 0 Å². The lowest BCUT2D eigenvalue weighted by atomic mass is 10.1. The summed E-state index contributed by atoms with van der Waals surface area (Å²) in [4.78, 5) is 0. The molecule has 0 radical (unpaired) electrons. The van der Waals surface area contributed by atoms with Gasteiger partial charge < -0.3 is 5.32 Å². The number of nitrogens with one attached hydrogen (secondary N) is 1. The van der Waals surface area contributed by atoms with Crippen LogP contribution in [-0.4, -0.2) is 0 Å². The molecule has 3 heteroatoms. The molecule has 2 aromatic carbocycles. The Hall–Kier alpha value is -1.35. The summed E-state index contributed by atoms with van der Waals surface area (Å²) in [5, 5.41) is 3.46. The van der Waals surface area contributed by atoms with E-state index in [1.165, 1.54) is 28.9 Å². The topological polar surface area (TPSA) is 12.0 Å². The predicted molar refractivity (Wildman–Crippen MR) is 82.0 cm³/mol. The molecule has 2 aromatic rings. The van der Waals surface area contributed by atoms with E-state index in [2.05, 4.69) is 53.3 Å². The molecule has 0 bridgehead atoms. The number of benzene rings is 2. The van der Waals surface area contributed by atoms with E-state index in [0.717, 1.165) is 16.5 Å². The quantitative estimate of drug-likeness (QED) is 0.828. The second kappa shape index (κ2) is 6.20. The third-order valence-corrected chi connectivity index (χ3v) is 3.95. The molecule has 100 valence electrons. The zero-order valence-corrected chi connectivity index (χ0v) is 12.7. The third-order valence-electron chi connectivity index (χ3n) is 3.21. The fraction of sp³-hybridized carbons (Fsp3) is 0.250. The molecule has 0 saturated heterocycles. The van der Waals surface area contributed by atoms with E-state index < -0.39 is 0 Å². The summed E-state index contributed by atoms with van der Waals surface area (Å²) >= 11 is 3.39. The molecule has 0 aliphatic carbocycles. The minimum Gasteiger partial charge on any atom is -0.380 e. The summed E-state index contributed by atoms with van der Waals surface area (Å²) in [5.74, 6) is -0.222. The Balaban J connectivity index is 2.19. The van der Waals surface area contributed by atoms with Gasteiger partial charge in [-0.3, -0.25) is 0 Å². The zero-order valence-electron chi connectivity index (χ0n) is 11.1. The molecular weight excluding hydrogens is 305 g/mol. The molecule has 0 spiro atoms. The Morgan fingerprint density at radius 3 is 2.63 bits per heavy atom. The van der Waals surface area contributed by atoms with Crippen LogP contribution in [0.1, 0.15) is 23.6 Å². The van der Waals surface area contributed by atoms with Crippen LogP contribution in [0.25, 0.3) is 0 Å². The first-order chi connectivity index (χ1) is 9.11. The summed E-state index contributed by atoms with van der Waals surface area (Å²) < 4.78 is 13.8. The maximum absolute atomic E-state index is 13.0. The number of hydrogen-bond donors (Lipinski definition) is 1. The van der Waals surface area contributed by atoms with Gasteiger partial charge in [-0.2, -0.15) is 0 Å². The second-order valence-electron chi connectivity index (χ2n) is 4.55. The van der Waals surface area contributed by atoms with Crippen molar-refractivity contribution in [2.24, 2.45) is 0 Å². The lowest BCUT2D eigenvalue weighted by Crippen LogP contribution is -2.04. The molecule has 1 nitrogen and oxygen atoms in total. The van der Waals surface area contributed by atoms with Crippen molar-refractivity contribution in [2.75, 3.05) is 5.32 Å².